The molecular weight excluding hydrogens is 376 g/mol. The van der Waals surface area contributed by atoms with Crippen molar-refractivity contribution in [1.29, 1.82) is 0 Å². The maximum atomic E-state index is 12.0. The van der Waals surface area contributed by atoms with E-state index in [9.17, 15) is 19.7 Å². The fourth-order valence-electron chi connectivity index (χ4n) is 3.07. The minimum Gasteiger partial charge on any atom is -0.494 e. The molecule has 0 N–H and O–H groups in total. The molecule has 0 amide bonds. The smallest absolute Gasteiger partial charge is 0.330 e. The van der Waals surface area contributed by atoms with Crippen LogP contribution in [-0.4, -0.2) is 45.2 Å². The highest BCUT2D eigenvalue weighted by atomic mass is 16.6. The van der Waals surface area contributed by atoms with Crippen LogP contribution in [0.3, 0.4) is 0 Å². The molecule has 0 saturated carbocycles. The molecule has 1 aromatic carbocycles. The monoisotopic (exact) mass is 404 g/mol. The minimum atomic E-state index is -0.436. The van der Waals surface area contributed by atoms with E-state index in [1.54, 1.807) is 19.2 Å². The van der Waals surface area contributed by atoms with Crippen molar-refractivity contribution in [3.05, 3.63) is 67.0 Å². The molecule has 0 bridgehead atoms. The van der Waals surface area contributed by atoms with E-state index in [1.165, 1.54) is 29.8 Å². The molecule has 0 aliphatic heterocycles. The third-order valence-corrected chi connectivity index (χ3v) is 4.91. The van der Waals surface area contributed by atoms with Gasteiger partial charge in [0.1, 0.15) is 5.75 Å². The Morgan fingerprint density at radius 3 is 2.34 bits per heavy atom. The van der Waals surface area contributed by atoms with Crippen LogP contribution in [0.15, 0.2) is 39.9 Å². The van der Waals surface area contributed by atoms with Crippen LogP contribution in [-0.2, 0) is 20.5 Å². The van der Waals surface area contributed by atoms with E-state index < -0.39 is 4.92 Å². The van der Waals surface area contributed by atoms with Gasteiger partial charge in [0.2, 0.25) is 0 Å². The number of hydrogen-bond donors (Lipinski definition) is 0. The lowest BCUT2D eigenvalue weighted by Gasteiger charge is -2.20. The third-order valence-electron chi connectivity index (χ3n) is 4.91. The van der Waals surface area contributed by atoms with Gasteiger partial charge in [-0.15, -0.1) is 0 Å². The van der Waals surface area contributed by atoms with Crippen LogP contribution in [0, 0.1) is 10.1 Å². The molecule has 9 heteroatoms. The highest BCUT2D eigenvalue weighted by Crippen LogP contribution is 2.17. The Hall–Kier alpha value is -2.94. The van der Waals surface area contributed by atoms with E-state index in [1.807, 2.05) is 0 Å². The Morgan fingerprint density at radius 1 is 1.07 bits per heavy atom. The molecule has 0 aliphatic rings. The van der Waals surface area contributed by atoms with Crippen LogP contribution >= 0.6 is 0 Å². The van der Waals surface area contributed by atoms with E-state index in [4.69, 9.17) is 4.74 Å². The van der Waals surface area contributed by atoms with Crippen molar-refractivity contribution < 1.29 is 9.66 Å². The molecule has 1 heterocycles. The van der Waals surface area contributed by atoms with Gasteiger partial charge in [0.15, 0.2) is 0 Å². The van der Waals surface area contributed by atoms with E-state index in [0.29, 0.717) is 18.8 Å². The predicted octanol–water partition coefficient (Wildman–Crippen LogP) is 1.72. The number of ether oxygens (including phenoxy) is 1. The molecule has 2 rings (SSSR count). The fourth-order valence-corrected chi connectivity index (χ4v) is 3.07. The summed E-state index contributed by atoms with van der Waals surface area (Å²) in [6.07, 6.45) is 2.34. The van der Waals surface area contributed by atoms with Crippen molar-refractivity contribution in [2.45, 2.75) is 26.2 Å². The van der Waals surface area contributed by atoms with Crippen LogP contribution in [0.2, 0.25) is 0 Å². The van der Waals surface area contributed by atoms with E-state index in [-0.39, 0.29) is 16.9 Å². The number of nitro benzene ring substituents is 1. The maximum Gasteiger partial charge on any atom is 0.330 e. The Labute approximate surface area is 169 Å². The SMILES string of the molecule is CCN(CCCOc1ccc([N+](=O)[O-])cc1)CCCc1cc(=O)n(C)c(=O)n1C. The topological polar surface area (TPSA) is 99.6 Å². The molecule has 0 aliphatic carbocycles. The number of benzene rings is 1. The van der Waals surface area contributed by atoms with Crippen molar-refractivity contribution >= 4 is 5.69 Å². The zero-order valence-electron chi connectivity index (χ0n) is 17.2. The standard InChI is InChI=1S/C20H28N4O5/c1-4-23(12-5-7-17-15-19(25)22(3)20(26)21(17)2)13-6-14-29-18-10-8-16(9-11-18)24(27)28/h8-11,15H,4-7,12-14H2,1-3H3. The van der Waals surface area contributed by atoms with Crippen LogP contribution < -0.4 is 16.0 Å². The van der Waals surface area contributed by atoms with Gasteiger partial charge in [0.05, 0.1) is 11.5 Å². The predicted molar refractivity (Wildman–Crippen MR) is 111 cm³/mol. The van der Waals surface area contributed by atoms with E-state index in [0.717, 1.165) is 42.7 Å². The first-order valence-corrected chi connectivity index (χ1v) is 9.69. The highest BCUT2D eigenvalue weighted by molar-refractivity contribution is 5.35. The average molecular weight is 404 g/mol. The van der Waals surface area contributed by atoms with Gasteiger partial charge in [-0.1, -0.05) is 6.92 Å². The average Bonchev–Trinajstić information content (AvgIpc) is 2.72. The molecule has 0 fully saturated rings. The summed E-state index contributed by atoms with van der Waals surface area (Å²) in [6, 6.07) is 7.58. The Morgan fingerprint density at radius 2 is 1.72 bits per heavy atom. The zero-order chi connectivity index (χ0) is 21.4. The first-order valence-electron chi connectivity index (χ1n) is 9.69. The summed E-state index contributed by atoms with van der Waals surface area (Å²) in [6.45, 7) is 5.23. The summed E-state index contributed by atoms with van der Waals surface area (Å²) in [7, 11) is 3.16. The summed E-state index contributed by atoms with van der Waals surface area (Å²) < 4.78 is 8.27. The van der Waals surface area contributed by atoms with Gasteiger partial charge in [-0.25, -0.2) is 4.79 Å². The lowest BCUT2D eigenvalue weighted by Crippen LogP contribution is -2.38. The van der Waals surface area contributed by atoms with Crippen LogP contribution in [0.25, 0.3) is 0 Å². The summed E-state index contributed by atoms with van der Waals surface area (Å²) in [5, 5.41) is 10.7. The van der Waals surface area contributed by atoms with Gasteiger partial charge in [0, 0.05) is 44.5 Å². The number of hydrogen-bond acceptors (Lipinski definition) is 6. The van der Waals surface area contributed by atoms with Crippen LogP contribution in [0.5, 0.6) is 5.75 Å². The van der Waals surface area contributed by atoms with Gasteiger partial charge >= 0.3 is 5.69 Å². The summed E-state index contributed by atoms with van der Waals surface area (Å²) in [5.74, 6) is 0.616. The molecule has 0 atom stereocenters. The lowest BCUT2D eigenvalue weighted by atomic mass is 10.2. The minimum absolute atomic E-state index is 0.0447. The molecule has 0 saturated heterocycles. The van der Waals surface area contributed by atoms with E-state index >= 15 is 0 Å². The first-order chi connectivity index (χ1) is 13.8. The summed E-state index contributed by atoms with van der Waals surface area (Å²) >= 11 is 0. The lowest BCUT2D eigenvalue weighted by molar-refractivity contribution is -0.384. The normalized spacial score (nSPS) is 11.0. The Bertz CT molecular complexity index is 933. The summed E-state index contributed by atoms with van der Waals surface area (Å²) in [5.41, 5.74) is 0.209. The number of aromatic nitrogens is 2. The second-order valence-corrected chi connectivity index (χ2v) is 6.87. The summed E-state index contributed by atoms with van der Waals surface area (Å²) in [4.78, 5) is 36.3. The maximum absolute atomic E-state index is 12.0. The van der Waals surface area contributed by atoms with Crippen LogP contribution in [0.4, 0.5) is 5.69 Å². The van der Waals surface area contributed by atoms with Crippen molar-refractivity contribution in [3.8, 4) is 5.75 Å². The second-order valence-electron chi connectivity index (χ2n) is 6.87. The van der Waals surface area contributed by atoms with E-state index in [2.05, 4.69) is 11.8 Å². The molecule has 1 aromatic heterocycles. The quantitative estimate of drug-likeness (QED) is 0.321. The molecule has 158 valence electrons. The Kier molecular flexibility index (Phi) is 8.14. The number of non-ortho nitro benzene ring substituents is 1. The van der Waals surface area contributed by atoms with Gasteiger partial charge in [0.25, 0.3) is 11.2 Å². The fraction of sp³-hybridized carbons (Fsp3) is 0.500. The van der Waals surface area contributed by atoms with Crippen molar-refractivity contribution in [1.82, 2.24) is 14.0 Å². The molecular formula is C20H28N4O5. The zero-order valence-corrected chi connectivity index (χ0v) is 17.2. The first kappa shape index (κ1) is 22.4. The molecule has 29 heavy (non-hydrogen) atoms. The van der Waals surface area contributed by atoms with Crippen molar-refractivity contribution in [3.63, 3.8) is 0 Å². The number of aryl methyl sites for hydroxylation is 1. The largest absolute Gasteiger partial charge is 0.494 e. The van der Waals surface area contributed by atoms with Crippen molar-refractivity contribution in [2.75, 3.05) is 26.2 Å². The van der Waals surface area contributed by atoms with Gasteiger partial charge < -0.3 is 14.2 Å². The molecule has 0 radical (unpaired) electrons. The molecule has 2 aromatic rings. The molecule has 0 spiro atoms. The second kappa shape index (κ2) is 10.6. The highest BCUT2D eigenvalue weighted by Gasteiger charge is 2.08. The van der Waals surface area contributed by atoms with Gasteiger partial charge in [-0.2, -0.15) is 0 Å². The number of nitrogens with zero attached hydrogens (tertiary/aromatic N) is 4. The van der Waals surface area contributed by atoms with Crippen molar-refractivity contribution in [2.24, 2.45) is 14.1 Å². The molecule has 0 unspecified atom stereocenters. The number of nitro groups is 1. The molecule has 9 nitrogen and oxygen atoms in total. The van der Waals surface area contributed by atoms with Gasteiger partial charge in [-0.05, 0) is 44.5 Å². The number of rotatable bonds is 11. The third kappa shape index (κ3) is 6.28. The van der Waals surface area contributed by atoms with Crippen LogP contribution in [0.1, 0.15) is 25.5 Å². The van der Waals surface area contributed by atoms with Gasteiger partial charge in [-0.3, -0.25) is 19.5 Å². The Balaban J connectivity index is 1.75.